The van der Waals surface area contributed by atoms with Crippen molar-refractivity contribution < 1.29 is 27.4 Å². The quantitative estimate of drug-likeness (QED) is 0.853. The molecule has 1 N–H and O–H groups in total. The number of amides is 1. The summed E-state index contributed by atoms with van der Waals surface area (Å²) in [5.41, 5.74) is -1.28. The number of carbonyl (C=O) groups excluding carboxylic acids is 1. The Morgan fingerprint density at radius 3 is 2.70 bits per heavy atom. The third kappa shape index (κ3) is 4.19. The van der Waals surface area contributed by atoms with E-state index in [0.29, 0.717) is 33.9 Å². The van der Waals surface area contributed by atoms with Crippen molar-refractivity contribution in [2.75, 3.05) is 6.79 Å². The van der Waals surface area contributed by atoms with Crippen molar-refractivity contribution in [2.45, 2.75) is 25.7 Å². The molecule has 0 unspecified atom stereocenters. The van der Waals surface area contributed by atoms with Crippen molar-refractivity contribution in [3.63, 3.8) is 0 Å². The molecule has 0 saturated heterocycles. The van der Waals surface area contributed by atoms with Crippen LogP contribution in [0.2, 0.25) is 5.02 Å². The number of nitrogens with zero attached hydrogens (tertiary/aromatic N) is 1. The summed E-state index contributed by atoms with van der Waals surface area (Å²) in [6, 6.07) is 5.18. The van der Waals surface area contributed by atoms with Gasteiger partial charge in [0.05, 0.1) is 11.6 Å². The number of carbonyl (C=O) groups is 1. The van der Waals surface area contributed by atoms with Gasteiger partial charge in [-0.2, -0.15) is 13.2 Å². The summed E-state index contributed by atoms with van der Waals surface area (Å²) in [6.07, 6.45) is -4.12. The topological polar surface area (TPSA) is 69.6 Å². The van der Waals surface area contributed by atoms with Gasteiger partial charge in [-0.1, -0.05) is 17.7 Å². The average molecular weight is 403 g/mol. The zero-order valence-electron chi connectivity index (χ0n) is 14.0. The maximum absolute atomic E-state index is 12.9. The van der Waals surface area contributed by atoms with Gasteiger partial charge in [0.15, 0.2) is 11.5 Å². The number of nitrogens with one attached hydrogen (secondary N) is 1. The lowest BCUT2D eigenvalue weighted by Gasteiger charge is -2.16. The van der Waals surface area contributed by atoms with Crippen LogP contribution in [0.5, 0.6) is 11.5 Å². The molecular weight excluding hydrogens is 389 g/mol. The molecule has 1 atom stereocenters. The van der Waals surface area contributed by atoms with Crippen LogP contribution in [0.3, 0.4) is 0 Å². The molecule has 0 spiro atoms. The maximum Gasteiger partial charge on any atom is 0.417 e. The number of hydrogen-bond donors (Lipinski definition) is 1. The van der Waals surface area contributed by atoms with Gasteiger partial charge in [-0.25, -0.2) is 0 Å². The number of aromatic nitrogens is 1. The Morgan fingerprint density at radius 2 is 2.00 bits per heavy atom. The van der Waals surface area contributed by atoms with Crippen LogP contribution in [0.15, 0.2) is 35.3 Å². The van der Waals surface area contributed by atoms with E-state index in [1.807, 2.05) is 0 Å². The van der Waals surface area contributed by atoms with Gasteiger partial charge in [-0.3, -0.25) is 9.59 Å². The minimum atomic E-state index is -4.69. The predicted molar refractivity (Wildman–Crippen MR) is 89.8 cm³/mol. The zero-order chi connectivity index (χ0) is 19.8. The van der Waals surface area contributed by atoms with Crippen LogP contribution in [0.1, 0.15) is 24.1 Å². The Morgan fingerprint density at radius 1 is 1.30 bits per heavy atom. The molecule has 0 bridgehead atoms. The van der Waals surface area contributed by atoms with Crippen molar-refractivity contribution in [3.05, 3.63) is 57.0 Å². The smallest absolute Gasteiger partial charge is 0.417 e. The molecule has 1 aromatic carbocycles. The van der Waals surface area contributed by atoms with Crippen molar-refractivity contribution >= 4 is 17.5 Å². The predicted octanol–water partition coefficient (Wildman–Crippen LogP) is 3.13. The molecule has 2 heterocycles. The highest BCUT2D eigenvalue weighted by molar-refractivity contribution is 6.30. The van der Waals surface area contributed by atoms with E-state index in [1.165, 1.54) is 0 Å². The van der Waals surface area contributed by atoms with Crippen LogP contribution >= 0.6 is 11.6 Å². The second kappa shape index (κ2) is 7.15. The van der Waals surface area contributed by atoms with E-state index >= 15 is 0 Å². The lowest BCUT2D eigenvalue weighted by Crippen LogP contribution is -2.34. The molecule has 1 aliphatic rings. The minimum absolute atomic E-state index is 0.110. The van der Waals surface area contributed by atoms with Crippen LogP contribution in [-0.2, 0) is 17.5 Å². The molecule has 3 rings (SSSR count). The van der Waals surface area contributed by atoms with E-state index in [4.69, 9.17) is 21.1 Å². The van der Waals surface area contributed by atoms with E-state index in [9.17, 15) is 22.8 Å². The summed E-state index contributed by atoms with van der Waals surface area (Å²) in [4.78, 5) is 24.1. The van der Waals surface area contributed by atoms with Crippen molar-refractivity contribution in [1.29, 1.82) is 0 Å². The summed E-state index contributed by atoms with van der Waals surface area (Å²) in [6.45, 7) is 1.20. The highest BCUT2D eigenvalue weighted by Crippen LogP contribution is 2.34. The maximum atomic E-state index is 12.9. The van der Waals surface area contributed by atoms with E-state index in [2.05, 4.69) is 5.32 Å². The fourth-order valence-electron chi connectivity index (χ4n) is 2.58. The van der Waals surface area contributed by atoms with E-state index < -0.39 is 40.8 Å². The molecule has 0 aliphatic carbocycles. The van der Waals surface area contributed by atoms with E-state index in [-0.39, 0.29) is 6.79 Å². The molecule has 2 aromatic rings. The van der Waals surface area contributed by atoms with E-state index in [0.717, 1.165) is 0 Å². The number of hydrogen-bond acceptors (Lipinski definition) is 4. The molecule has 6 nitrogen and oxygen atoms in total. The van der Waals surface area contributed by atoms with Crippen LogP contribution in [-0.4, -0.2) is 17.3 Å². The summed E-state index contributed by atoms with van der Waals surface area (Å²) in [5, 5.41) is 2.01. The number of fused-ring (bicyclic) bond motifs is 1. The van der Waals surface area contributed by atoms with Crippen molar-refractivity contribution in [3.8, 4) is 11.5 Å². The Labute approximate surface area is 156 Å². The number of halogens is 4. The first-order valence-corrected chi connectivity index (χ1v) is 8.19. The van der Waals surface area contributed by atoms with Gasteiger partial charge in [0, 0.05) is 6.20 Å². The van der Waals surface area contributed by atoms with Crippen LogP contribution in [0.4, 0.5) is 13.2 Å². The largest absolute Gasteiger partial charge is 0.454 e. The average Bonchev–Trinajstić information content (AvgIpc) is 3.05. The summed E-state index contributed by atoms with van der Waals surface area (Å²) in [5.74, 6) is 0.481. The molecule has 10 heteroatoms. The van der Waals surface area contributed by atoms with Gasteiger partial charge in [-0.15, -0.1) is 0 Å². The second-order valence-corrected chi connectivity index (χ2v) is 6.32. The van der Waals surface area contributed by atoms with Crippen molar-refractivity contribution in [2.24, 2.45) is 0 Å². The monoisotopic (exact) mass is 402 g/mol. The first-order chi connectivity index (χ1) is 12.6. The fraction of sp³-hybridized carbons (Fsp3) is 0.294. The van der Waals surface area contributed by atoms with Gasteiger partial charge in [-0.05, 0) is 30.7 Å². The zero-order valence-corrected chi connectivity index (χ0v) is 14.7. The Bertz CT molecular complexity index is 943. The van der Waals surface area contributed by atoms with Gasteiger partial charge < -0.3 is 19.4 Å². The lowest BCUT2D eigenvalue weighted by molar-refractivity contribution is -0.138. The highest BCUT2D eigenvalue weighted by Gasteiger charge is 2.32. The second-order valence-electron chi connectivity index (χ2n) is 5.91. The van der Waals surface area contributed by atoms with Gasteiger partial charge in [0.1, 0.15) is 11.6 Å². The molecule has 144 valence electrons. The Balaban J connectivity index is 1.74. The number of benzene rings is 1. The summed E-state index contributed by atoms with van der Waals surface area (Å²) in [7, 11) is 0. The molecule has 27 heavy (non-hydrogen) atoms. The number of alkyl halides is 3. The van der Waals surface area contributed by atoms with Crippen molar-refractivity contribution in [1.82, 2.24) is 9.88 Å². The number of ether oxygens (including phenoxy) is 2. The third-order valence-corrected chi connectivity index (χ3v) is 4.23. The summed E-state index contributed by atoms with van der Waals surface area (Å²) >= 11 is 5.57. The molecule has 1 amide bonds. The van der Waals surface area contributed by atoms with E-state index in [1.54, 1.807) is 25.1 Å². The van der Waals surface area contributed by atoms with Crippen LogP contribution < -0.4 is 20.3 Å². The van der Waals surface area contributed by atoms with Gasteiger partial charge in [0.2, 0.25) is 12.7 Å². The van der Waals surface area contributed by atoms with Crippen LogP contribution in [0, 0.1) is 0 Å². The molecule has 1 aliphatic heterocycles. The Kier molecular flexibility index (Phi) is 5.05. The molecule has 0 radical (unpaired) electrons. The molecular formula is C17H14ClF3N2O4. The van der Waals surface area contributed by atoms with Gasteiger partial charge in [0.25, 0.3) is 5.56 Å². The lowest BCUT2D eigenvalue weighted by atomic mass is 10.1. The molecule has 0 saturated carbocycles. The molecule has 0 fully saturated rings. The third-order valence-electron chi connectivity index (χ3n) is 3.96. The fourth-order valence-corrected chi connectivity index (χ4v) is 2.81. The first-order valence-electron chi connectivity index (χ1n) is 7.81. The van der Waals surface area contributed by atoms with Crippen LogP contribution in [0.25, 0.3) is 0 Å². The molecule has 1 aromatic heterocycles. The van der Waals surface area contributed by atoms with Gasteiger partial charge >= 0.3 is 6.18 Å². The first kappa shape index (κ1) is 19.1. The Hall–Kier alpha value is -2.68. The number of rotatable bonds is 4. The summed E-state index contributed by atoms with van der Waals surface area (Å²) < 4.78 is 49.7. The standard InChI is InChI=1S/C17H14ClF3N2O4/c1-9(10-2-3-13-14(4-10)27-8-26-13)22-15(24)7-23-6-11(17(19,20)21)5-12(18)16(23)25/h2-6,9H,7-8H2,1H3,(H,22,24)/t9-/m1/s1. The highest BCUT2D eigenvalue weighted by atomic mass is 35.5. The number of pyridine rings is 1. The normalized spacial score (nSPS) is 14.1. The minimum Gasteiger partial charge on any atom is -0.454 e. The SMILES string of the molecule is C[C@@H](NC(=O)Cn1cc(C(F)(F)F)cc(Cl)c1=O)c1ccc2c(c1)OCO2.